The molecule has 1 fully saturated rings. The van der Waals surface area contributed by atoms with Crippen molar-refractivity contribution in [2.75, 3.05) is 41.3 Å². The molecule has 0 bridgehead atoms. The maximum atomic E-state index is 14.0. The van der Waals surface area contributed by atoms with E-state index in [1.165, 1.54) is 12.4 Å². The number of carbonyl (C=O) groups is 1. The minimum atomic E-state index is -0.275. The van der Waals surface area contributed by atoms with Crippen LogP contribution in [0, 0.1) is 12.7 Å². The molecule has 148 valence electrons. The number of aromatic nitrogens is 2. The van der Waals surface area contributed by atoms with Gasteiger partial charge < -0.3 is 15.1 Å². The number of hydrogen-bond acceptors (Lipinski definition) is 5. The van der Waals surface area contributed by atoms with Crippen molar-refractivity contribution >= 4 is 23.1 Å². The lowest BCUT2D eigenvalue weighted by Gasteiger charge is -2.36. The summed E-state index contributed by atoms with van der Waals surface area (Å²) < 4.78 is 14.0. The van der Waals surface area contributed by atoms with Gasteiger partial charge in [0.2, 0.25) is 0 Å². The Hall–Kier alpha value is -3.48. The molecule has 0 radical (unpaired) electrons. The second kappa shape index (κ2) is 8.26. The third-order valence-corrected chi connectivity index (χ3v) is 4.99. The molecule has 2 aromatic carbocycles. The van der Waals surface area contributed by atoms with Crippen LogP contribution in [-0.2, 0) is 0 Å². The van der Waals surface area contributed by atoms with Gasteiger partial charge in [-0.3, -0.25) is 4.79 Å². The van der Waals surface area contributed by atoms with Crippen molar-refractivity contribution in [3.8, 4) is 0 Å². The quantitative estimate of drug-likeness (QED) is 0.738. The summed E-state index contributed by atoms with van der Waals surface area (Å²) in [6, 6.07) is 16.1. The van der Waals surface area contributed by atoms with Crippen molar-refractivity contribution in [2.45, 2.75) is 6.92 Å². The van der Waals surface area contributed by atoms with Crippen molar-refractivity contribution in [3.63, 3.8) is 0 Å². The first-order chi connectivity index (χ1) is 14.1. The van der Waals surface area contributed by atoms with Crippen LogP contribution >= 0.6 is 0 Å². The molecule has 1 N–H and O–H groups in total. The topological polar surface area (TPSA) is 61.4 Å². The molecular weight excluding hydrogens is 369 g/mol. The van der Waals surface area contributed by atoms with Crippen LogP contribution in [0.3, 0.4) is 0 Å². The van der Waals surface area contributed by atoms with E-state index in [1.54, 1.807) is 18.2 Å². The number of halogens is 1. The Morgan fingerprint density at radius 2 is 1.66 bits per heavy atom. The van der Waals surface area contributed by atoms with Crippen LogP contribution in [0.15, 0.2) is 60.9 Å². The highest BCUT2D eigenvalue weighted by molar-refractivity contribution is 6.03. The van der Waals surface area contributed by atoms with Gasteiger partial charge in [0.05, 0.1) is 5.69 Å². The first-order valence-electron chi connectivity index (χ1n) is 9.54. The number of anilines is 3. The molecule has 0 spiro atoms. The molecule has 0 atom stereocenters. The largest absolute Gasteiger partial charge is 0.366 e. The molecule has 1 aliphatic heterocycles. The average molecular weight is 391 g/mol. The van der Waals surface area contributed by atoms with Crippen molar-refractivity contribution in [2.24, 2.45) is 0 Å². The molecule has 29 heavy (non-hydrogen) atoms. The number of amides is 1. The maximum Gasteiger partial charge on any atom is 0.274 e. The molecular formula is C22H22FN5O. The summed E-state index contributed by atoms with van der Waals surface area (Å²) in [6.45, 7) is 4.72. The Bertz CT molecular complexity index is 1000. The molecule has 1 saturated heterocycles. The van der Waals surface area contributed by atoms with Gasteiger partial charge >= 0.3 is 0 Å². The second-order valence-electron chi connectivity index (χ2n) is 7.01. The van der Waals surface area contributed by atoms with Crippen LogP contribution in [0.4, 0.5) is 21.6 Å². The molecule has 6 nitrogen and oxygen atoms in total. The van der Waals surface area contributed by atoms with Crippen LogP contribution in [0.5, 0.6) is 0 Å². The number of piperazine rings is 1. The number of aryl methyl sites for hydroxylation is 1. The Labute approximate surface area is 169 Å². The summed E-state index contributed by atoms with van der Waals surface area (Å²) in [4.78, 5) is 25.1. The predicted octanol–water partition coefficient (Wildman–Crippen LogP) is 3.50. The molecule has 1 aromatic heterocycles. The van der Waals surface area contributed by atoms with Crippen molar-refractivity contribution in [1.82, 2.24) is 9.97 Å². The van der Waals surface area contributed by atoms with Crippen molar-refractivity contribution in [3.05, 3.63) is 78.0 Å². The zero-order valence-electron chi connectivity index (χ0n) is 16.2. The summed E-state index contributed by atoms with van der Waals surface area (Å²) in [7, 11) is 0. The van der Waals surface area contributed by atoms with E-state index in [0.717, 1.165) is 11.3 Å². The van der Waals surface area contributed by atoms with Gasteiger partial charge in [0, 0.05) is 37.9 Å². The SMILES string of the molecule is Cc1ccc(NC(=O)c2cc(N3CCN(c4ccccc4F)CC3)ncn2)cc1. The van der Waals surface area contributed by atoms with E-state index in [0.29, 0.717) is 43.4 Å². The molecule has 3 aromatic rings. The van der Waals surface area contributed by atoms with E-state index in [-0.39, 0.29) is 11.7 Å². The van der Waals surface area contributed by atoms with Crippen molar-refractivity contribution in [1.29, 1.82) is 0 Å². The first-order valence-corrected chi connectivity index (χ1v) is 9.54. The van der Waals surface area contributed by atoms with Gasteiger partial charge in [-0.25, -0.2) is 14.4 Å². The monoisotopic (exact) mass is 391 g/mol. The van der Waals surface area contributed by atoms with Crippen LogP contribution in [0.1, 0.15) is 16.1 Å². The molecule has 7 heteroatoms. The highest BCUT2D eigenvalue weighted by Gasteiger charge is 2.21. The third kappa shape index (κ3) is 4.34. The number of hydrogen-bond donors (Lipinski definition) is 1. The summed E-state index contributed by atoms with van der Waals surface area (Å²) in [5.74, 6) is 0.211. The molecule has 0 aliphatic carbocycles. The highest BCUT2D eigenvalue weighted by atomic mass is 19.1. The predicted molar refractivity (Wildman–Crippen MR) is 112 cm³/mol. The Balaban J connectivity index is 1.42. The zero-order chi connectivity index (χ0) is 20.2. The smallest absolute Gasteiger partial charge is 0.274 e. The van der Waals surface area contributed by atoms with Gasteiger partial charge in [0.15, 0.2) is 0 Å². The number of nitrogens with zero attached hydrogens (tertiary/aromatic N) is 4. The first kappa shape index (κ1) is 18.9. The van der Waals surface area contributed by atoms with Crippen LogP contribution < -0.4 is 15.1 Å². The Morgan fingerprint density at radius 1 is 0.966 bits per heavy atom. The number of nitrogens with one attached hydrogen (secondary N) is 1. The van der Waals surface area contributed by atoms with E-state index in [9.17, 15) is 9.18 Å². The van der Waals surface area contributed by atoms with E-state index >= 15 is 0 Å². The summed E-state index contributed by atoms with van der Waals surface area (Å²) in [5.41, 5.74) is 2.78. The second-order valence-corrected chi connectivity index (χ2v) is 7.01. The summed E-state index contributed by atoms with van der Waals surface area (Å²) in [5, 5.41) is 2.85. The molecule has 0 unspecified atom stereocenters. The van der Waals surface area contributed by atoms with Crippen LogP contribution in [0.2, 0.25) is 0 Å². The Kier molecular flexibility index (Phi) is 5.37. The molecule has 4 rings (SSSR count). The highest BCUT2D eigenvalue weighted by Crippen LogP contribution is 2.22. The van der Waals surface area contributed by atoms with E-state index in [1.807, 2.05) is 42.2 Å². The average Bonchev–Trinajstić information content (AvgIpc) is 2.76. The maximum absolute atomic E-state index is 14.0. The molecule has 1 aliphatic rings. The minimum Gasteiger partial charge on any atom is -0.366 e. The standard InChI is InChI=1S/C22H22FN5O/c1-16-6-8-17(9-7-16)26-22(29)19-14-21(25-15-24-19)28-12-10-27(11-13-28)20-5-3-2-4-18(20)23/h2-9,14-15H,10-13H2,1H3,(H,26,29). The Morgan fingerprint density at radius 3 is 2.38 bits per heavy atom. The summed E-state index contributed by atoms with van der Waals surface area (Å²) in [6.07, 6.45) is 1.41. The summed E-state index contributed by atoms with van der Waals surface area (Å²) >= 11 is 0. The molecule has 0 saturated carbocycles. The number of carbonyl (C=O) groups excluding carboxylic acids is 1. The number of para-hydroxylation sites is 1. The number of rotatable bonds is 4. The fourth-order valence-electron chi connectivity index (χ4n) is 3.36. The van der Waals surface area contributed by atoms with Gasteiger partial charge in [0.25, 0.3) is 5.91 Å². The third-order valence-electron chi connectivity index (χ3n) is 4.99. The van der Waals surface area contributed by atoms with Gasteiger partial charge in [-0.2, -0.15) is 0 Å². The fraction of sp³-hybridized carbons (Fsp3) is 0.227. The van der Waals surface area contributed by atoms with Gasteiger partial charge in [-0.1, -0.05) is 29.8 Å². The van der Waals surface area contributed by atoms with Gasteiger partial charge in [-0.15, -0.1) is 0 Å². The van der Waals surface area contributed by atoms with Crippen LogP contribution in [0.25, 0.3) is 0 Å². The normalized spacial score (nSPS) is 14.0. The fourth-order valence-corrected chi connectivity index (χ4v) is 3.36. The minimum absolute atomic E-state index is 0.210. The lowest BCUT2D eigenvalue weighted by atomic mass is 10.2. The molecule has 2 heterocycles. The molecule has 1 amide bonds. The number of benzene rings is 2. The van der Waals surface area contributed by atoms with Crippen molar-refractivity contribution < 1.29 is 9.18 Å². The van der Waals surface area contributed by atoms with E-state index < -0.39 is 0 Å². The lowest BCUT2D eigenvalue weighted by molar-refractivity contribution is 0.102. The van der Waals surface area contributed by atoms with Crippen LogP contribution in [-0.4, -0.2) is 42.1 Å². The zero-order valence-corrected chi connectivity index (χ0v) is 16.2. The lowest BCUT2D eigenvalue weighted by Crippen LogP contribution is -2.47. The van der Waals surface area contributed by atoms with E-state index in [2.05, 4.69) is 20.2 Å². The van der Waals surface area contributed by atoms with E-state index in [4.69, 9.17) is 0 Å². The van der Waals surface area contributed by atoms with Gasteiger partial charge in [0.1, 0.15) is 23.7 Å². The van der Waals surface area contributed by atoms with Gasteiger partial charge in [-0.05, 0) is 31.2 Å².